The van der Waals surface area contributed by atoms with Gasteiger partial charge >= 0.3 is 5.91 Å². The van der Waals surface area contributed by atoms with Gasteiger partial charge in [-0.2, -0.15) is 0 Å². The molecule has 2 aromatic carbocycles. The van der Waals surface area contributed by atoms with Gasteiger partial charge in [0.05, 0.1) is 12.2 Å². The molecule has 1 aromatic heterocycles. The number of hydroxylamine groups is 1. The van der Waals surface area contributed by atoms with Crippen LogP contribution in [0.4, 0.5) is 5.69 Å². The monoisotopic (exact) mass is 448 g/mol. The second-order valence-corrected chi connectivity index (χ2v) is 8.20. The zero-order valence-electron chi connectivity index (χ0n) is 16.9. The van der Waals surface area contributed by atoms with Crippen LogP contribution in [0, 0.1) is 0 Å². The number of rotatable bonds is 5. The lowest BCUT2D eigenvalue weighted by atomic mass is 10.1. The van der Waals surface area contributed by atoms with Crippen LogP contribution >= 0.6 is 11.3 Å². The number of anilines is 1. The molecule has 0 aliphatic carbocycles. The molecule has 1 aliphatic heterocycles. The number of carbonyl (C=O) groups is 3. The van der Waals surface area contributed by atoms with Gasteiger partial charge in [-0.1, -0.05) is 30.3 Å². The summed E-state index contributed by atoms with van der Waals surface area (Å²) in [4.78, 5) is 43.3. The second kappa shape index (κ2) is 9.54. The van der Waals surface area contributed by atoms with Crippen molar-refractivity contribution >= 4 is 40.8 Å². The Morgan fingerprint density at radius 3 is 2.53 bits per heavy atom. The molecule has 0 saturated heterocycles. The molecular formula is C23H20N4O4S. The Morgan fingerprint density at radius 1 is 1.06 bits per heavy atom. The number of hydrogen-bond donors (Lipinski definition) is 3. The number of fused-ring (bicyclic) bond motifs is 1. The third kappa shape index (κ3) is 4.90. The number of amides is 3. The number of hydrogen-bond acceptors (Lipinski definition) is 6. The zero-order valence-corrected chi connectivity index (χ0v) is 17.8. The molecule has 32 heavy (non-hydrogen) atoms. The van der Waals surface area contributed by atoms with Gasteiger partial charge < -0.3 is 10.2 Å². The number of nitrogens with one attached hydrogen (secondary N) is 2. The minimum Gasteiger partial charge on any atom is -0.333 e. The third-order valence-electron chi connectivity index (χ3n) is 4.94. The van der Waals surface area contributed by atoms with Gasteiger partial charge in [-0.05, 0) is 35.9 Å². The molecule has 8 nitrogen and oxygen atoms in total. The molecule has 0 atom stereocenters. The van der Waals surface area contributed by atoms with Crippen LogP contribution in [0.25, 0.3) is 6.08 Å². The van der Waals surface area contributed by atoms with E-state index in [0.29, 0.717) is 30.8 Å². The van der Waals surface area contributed by atoms with Crippen LogP contribution in [0.15, 0.2) is 60.7 Å². The van der Waals surface area contributed by atoms with E-state index in [2.05, 4.69) is 10.3 Å². The molecule has 0 radical (unpaired) electrons. The molecule has 0 spiro atoms. The minimum atomic E-state index is -0.654. The van der Waals surface area contributed by atoms with Gasteiger partial charge in [0.25, 0.3) is 5.91 Å². The SMILES string of the molecule is O=C(C=Cc1ccccc1)Nc1ccc(C(=O)N2CCc3nc(C(=O)NO)sc3C2)cc1. The van der Waals surface area contributed by atoms with Crippen LogP contribution in [-0.2, 0) is 17.8 Å². The molecule has 3 N–H and O–H groups in total. The number of aromatic nitrogens is 1. The first-order valence-electron chi connectivity index (χ1n) is 9.90. The Kier molecular flexibility index (Phi) is 6.39. The average molecular weight is 449 g/mol. The minimum absolute atomic E-state index is 0.140. The van der Waals surface area contributed by atoms with Crippen LogP contribution in [0.1, 0.15) is 36.3 Å². The molecule has 0 saturated carbocycles. The normalized spacial score (nSPS) is 13.0. The van der Waals surface area contributed by atoms with E-state index in [0.717, 1.165) is 16.1 Å². The summed E-state index contributed by atoms with van der Waals surface area (Å²) in [6, 6.07) is 16.2. The second-order valence-electron chi connectivity index (χ2n) is 7.12. The molecule has 0 unspecified atom stereocenters. The number of nitrogens with zero attached hydrogens (tertiary/aromatic N) is 2. The summed E-state index contributed by atoms with van der Waals surface area (Å²) >= 11 is 1.17. The van der Waals surface area contributed by atoms with Crippen LogP contribution < -0.4 is 10.8 Å². The topological polar surface area (TPSA) is 112 Å². The molecule has 0 bridgehead atoms. The van der Waals surface area contributed by atoms with Crippen LogP contribution in [-0.4, -0.2) is 39.4 Å². The van der Waals surface area contributed by atoms with Crippen LogP contribution in [0.2, 0.25) is 0 Å². The third-order valence-corrected chi connectivity index (χ3v) is 6.02. The maximum atomic E-state index is 12.9. The molecule has 162 valence electrons. The van der Waals surface area contributed by atoms with Gasteiger partial charge in [0.1, 0.15) is 0 Å². The molecule has 9 heteroatoms. The van der Waals surface area contributed by atoms with Crippen molar-refractivity contribution < 1.29 is 19.6 Å². The average Bonchev–Trinajstić information content (AvgIpc) is 3.26. The smallest absolute Gasteiger partial charge is 0.303 e. The fourth-order valence-electron chi connectivity index (χ4n) is 3.31. The van der Waals surface area contributed by atoms with E-state index in [1.165, 1.54) is 17.4 Å². The van der Waals surface area contributed by atoms with Crippen molar-refractivity contribution in [3.8, 4) is 0 Å². The lowest BCUT2D eigenvalue weighted by Gasteiger charge is -2.26. The Morgan fingerprint density at radius 2 is 1.81 bits per heavy atom. The summed E-state index contributed by atoms with van der Waals surface area (Å²) in [6.45, 7) is 0.839. The molecule has 2 heterocycles. The van der Waals surface area contributed by atoms with E-state index in [4.69, 9.17) is 5.21 Å². The first-order valence-corrected chi connectivity index (χ1v) is 10.7. The van der Waals surface area contributed by atoms with Crippen LogP contribution in [0.5, 0.6) is 0 Å². The molecule has 0 fully saturated rings. The Balaban J connectivity index is 1.37. The van der Waals surface area contributed by atoms with E-state index in [9.17, 15) is 14.4 Å². The summed E-state index contributed by atoms with van der Waals surface area (Å²) in [5.74, 6) is -1.05. The number of carbonyl (C=O) groups excluding carboxylic acids is 3. The quantitative estimate of drug-likeness (QED) is 0.315. The van der Waals surface area contributed by atoms with E-state index in [1.807, 2.05) is 30.3 Å². The van der Waals surface area contributed by atoms with Gasteiger partial charge in [-0.3, -0.25) is 19.6 Å². The van der Waals surface area contributed by atoms with Crippen molar-refractivity contribution in [1.29, 1.82) is 0 Å². The van der Waals surface area contributed by atoms with Gasteiger partial charge in [0, 0.05) is 35.2 Å². The van der Waals surface area contributed by atoms with Crippen molar-refractivity contribution in [2.45, 2.75) is 13.0 Å². The van der Waals surface area contributed by atoms with E-state index < -0.39 is 5.91 Å². The van der Waals surface area contributed by atoms with E-state index in [1.54, 1.807) is 40.7 Å². The maximum absolute atomic E-state index is 12.9. The Hall–Kier alpha value is -3.82. The molecular weight excluding hydrogens is 428 g/mol. The van der Waals surface area contributed by atoms with Gasteiger partial charge in [-0.15, -0.1) is 11.3 Å². The fourth-order valence-corrected chi connectivity index (χ4v) is 4.33. The first-order chi connectivity index (χ1) is 15.5. The highest BCUT2D eigenvalue weighted by Crippen LogP contribution is 2.26. The Labute approximate surface area is 188 Å². The molecule has 3 aromatic rings. The number of benzene rings is 2. The van der Waals surface area contributed by atoms with E-state index in [-0.39, 0.29) is 16.8 Å². The molecule has 4 rings (SSSR count). The van der Waals surface area contributed by atoms with Gasteiger partial charge in [-0.25, -0.2) is 10.5 Å². The van der Waals surface area contributed by atoms with Crippen molar-refractivity contribution in [3.63, 3.8) is 0 Å². The molecule has 3 amide bonds. The highest BCUT2D eigenvalue weighted by atomic mass is 32.1. The first kappa shape index (κ1) is 21.4. The summed E-state index contributed by atoms with van der Waals surface area (Å²) in [5.41, 5.74) is 4.38. The predicted molar refractivity (Wildman–Crippen MR) is 120 cm³/mol. The van der Waals surface area contributed by atoms with Crippen LogP contribution in [0.3, 0.4) is 0 Å². The summed E-state index contributed by atoms with van der Waals surface area (Å²) in [6.07, 6.45) is 3.73. The maximum Gasteiger partial charge on any atom is 0.303 e. The van der Waals surface area contributed by atoms with Crippen molar-refractivity contribution in [1.82, 2.24) is 15.4 Å². The fraction of sp³-hybridized carbons (Fsp3) is 0.130. The lowest BCUT2D eigenvalue weighted by molar-refractivity contribution is -0.111. The predicted octanol–water partition coefficient (Wildman–Crippen LogP) is 3.11. The highest BCUT2D eigenvalue weighted by molar-refractivity contribution is 7.13. The highest BCUT2D eigenvalue weighted by Gasteiger charge is 2.26. The zero-order chi connectivity index (χ0) is 22.5. The standard InChI is InChI=1S/C23H20N4O4S/c28-20(11-6-15-4-2-1-3-5-15)24-17-9-7-16(8-10-17)23(30)27-13-12-18-19(14-27)32-22(25-18)21(29)26-31/h1-11,31H,12-14H2,(H,24,28)(H,26,29). The van der Waals surface area contributed by atoms with E-state index >= 15 is 0 Å². The lowest BCUT2D eigenvalue weighted by Crippen LogP contribution is -2.35. The summed E-state index contributed by atoms with van der Waals surface area (Å²) in [5, 5.41) is 11.7. The van der Waals surface area contributed by atoms with Crippen molar-refractivity contribution in [2.24, 2.45) is 0 Å². The van der Waals surface area contributed by atoms with Gasteiger partial charge in [0.2, 0.25) is 5.91 Å². The van der Waals surface area contributed by atoms with Crippen molar-refractivity contribution in [3.05, 3.63) is 87.4 Å². The number of thiazole rings is 1. The summed E-state index contributed by atoms with van der Waals surface area (Å²) < 4.78 is 0. The largest absolute Gasteiger partial charge is 0.333 e. The van der Waals surface area contributed by atoms with Gasteiger partial charge in [0.15, 0.2) is 5.01 Å². The van der Waals surface area contributed by atoms with Crippen molar-refractivity contribution in [2.75, 3.05) is 11.9 Å². The Bertz CT molecular complexity index is 1170. The summed E-state index contributed by atoms with van der Waals surface area (Å²) in [7, 11) is 0. The molecule has 1 aliphatic rings.